The lowest BCUT2D eigenvalue weighted by molar-refractivity contribution is 0.151. The molecule has 2 nitrogen and oxygen atoms in total. The van der Waals surface area contributed by atoms with Gasteiger partial charge in [0, 0.05) is 6.42 Å². The van der Waals surface area contributed by atoms with Crippen LogP contribution in [0.4, 0.5) is 0 Å². The summed E-state index contributed by atoms with van der Waals surface area (Å²) in [5.41, 5.74) is 1.93. The number of benzene rings is 1. The van der Waals surface area contributed by atoms with Crippen molar-refractivity contribution in [3.05, 3.63) is 28.8 Å². The molecule has 1 saturated carbocycles. The fourth-order valence-corrected chi connectivity index (χ4v) is 2.95. The number of hydrogen-bond acceptors (Lipinski definition) is 3. The molecule has 0 bridgehead atoms. The molecule has 1 aromatic heterocycles. The molecule has 0 saturated heterocycles. The number of fused-ring (bicyclic) bond motifs is 1. The van der Waals surface area contributed by atoms with Gasteiger partial charge in [-0.05, 0) is 37.0 Å². The van der Waals surface area contributed by atoms with Gasteiger partial charge in [0.2, 0.25) is 0 Å². The van der Waals surface area contributed by atoms with E-state index in [9.17, 15) is 5.11 Å². The minimum Gasteiger partial charge on any atom is -0.390 e. The average Bonchev–Trinajstić information content (AvgIpc) is 2.85. The third-order valence-electron chi connectivity index (χ3n) is 3.16. The Morgan fingerprint density at radius 2 is 2.25 bits per heavy atom. The van der Waals surface area contributed by atoms with Crippen LogP contribution in [0.25, 0.3) is 10.2 Å². The first-order valence-corrected chi connectivity index (χ1v) is 6.61. The molecule has 0 radical (unpaired) electrons. The van der Waals surface area contributed by atoms with Gasteiger partial charge in [0.05, 0.1) is 20.8 Å². The summed E-state index contributed by atoms with van der Waals surface area (Å²) in [5, 5.41) is 11.1. The first-order valence-electron chi connectivity index (χ1n) is 5.79. The largest absolute Gasteiger partial charge is 0.390 e. The van der Waals surface area contributed by atoms with E-state index in [0.717, 1.165) is 31.2 Å². The number of aryl methyl sites for hydroxylation is 1. The molecule has 1 aliphatic carbocycles. The van der Waals surface area contributed by atoms with E-state index in [2.05, 4.69) is 30.1 Å². The van der Waals surface area contributed by atoms with Crippen molar-refractivity contribution in [2.75, 3.05) is 0 Å². The predicted octanol–water partition coefficient (Wildman–Crippen LogP) is 2.93. The number of hydrogen-bond donors (Lipinski definition) is 1. The molecule has 0 unspecified atom stereocenters. The minimum absolute atomic E-state index is 0.397. The van der Waals surface area contributed by atoms with Gasteiger partial charge in [-0.2, -0.15) is 0 Å². The summed E-state index contributed by atoms with van der Waals surface area (Å²) in [4.78, 5) is 4.54. The molecule has 2 aromatic rings. The standard InChI is InChI=1S/C13H15NOS/c1-2-12-14-10-4-3-9(7-11(10)16-12)8-13(15)5-6-13/h3-4,7,15H,2,5-6,8H2,1H3. The number of aromatic nitrogens is 1. The third kappa shape index (κ3) is 1.85. The highest BCUT2D eigenvalue weighted by Crippen LogP contribution is 2.38. The molecular formula is C13H15NOS. The first kappa shape index (κ1) is 10.2. The van der Waals surface area contributed by atoms with Gasteiger partial charge < -0.3 is 5.11 Å². The molecule has 1 fully saturated rings. The maximum atomic E-state index is 9.89. The normalized spacial score (nSPS) is 17.9. The van der Waals surface area contributed by atoms with Crippen molar-refractivity contribution >= 4 is 21.6 Å². The van der Waals surface area contributed by atoms with E-state index in [4.69, 9.17) is 0 Å². The van der Waals surface area contributed by atoms with Crippen molar-refractivity contribution < 1.29 is 5.11 Å². The van der Waals surface area contributed by atoms with Crippen molar-refractivity contribution in [1.82, 2.24) is 4.98 Å². The van der Waals surface area contributed by atoms with Gasteiger partial charge in [-0.15, -0.1) is 11.3 Å². The Hall–Kier alpha value is -0.930. The van der Waals surface area contributed by atoms with Crippen LogP contribution in [0.3, 0.4) is 0 Å². The third-order valence-corrected chi connectivity index (χ3v) is 4.32. The van der Waals surface area contributed by atoms with Crippen molar-refractivity contribution in [3.8, 4) is 0 Å². The Bertz CT molecular complexity index is 528. The molecule has 0 spiro atoms. The second kappa shape index (κ2) is 3.54. The fourth-order valence-electron chi connectivity index (χ4n) is 1.98. The Morgan fingerprint density at radius 3 is 2.94 bits per heavy atom. The molecule has 3 heteroatoms. The lowest BCUT2D eigenvalue weighted by Crippen LogP contribution is -2.10. The summed E-state index contributed by atoms with van der Waals surface area (Å²) in [6.45, 7) is 2.13. The monoisotopic (exact) mass is 233 g/mol. The SMILES string of the molecule is CCc1nc2ccc(CC3(O)CC3)cc2s1. The fraction of sp³-hybridized carbons (Fsp3) is 0.462. The highest BCUT2D eigenvalue weighted by molar-refractivity contribution is 7.18. The molecule has 0 aliphatic heterocycles. The van der Waals surface area contributed by atoms with Gasteiger partial charge in [-0.25, -0.2) is 4.98 Å². The molecule has 1 heterocycles. The van der Waals surface area contributed by atoms with Gasteiger partial charge in [0.1, 0.15) is 0 Å². The Balaban J connectivity index is 1.95. The minimum atomic E-state index is -0.397. The summed E-state index contributed by atoms with van der Waals surface area (Å²) in [6.07, 6.45) is 3.70. The first-order chi connectivity index (χ1) is 7.68. The molecule has 1 aliphatic rings. The van der Waals surface area contributed by atoms with Crippen molar-refractivity contribution in [2.24, 2.45) is 0 Å². The van der Waals surface area contributed by atoms with Gasteiger partial charge in [-0.3, -0.25) is 0 Å². The van der Waals surface area contributed by atoms with Gasteiger partial charge in [0.25, 0.3) is 0 Å². The van der Waals surface area contributed by atoms with E-state index >= 15 is 0 Å². The van der Waals surface area contributed by atoms with E-state index in [1.54, 1.807) is 11.3 Å². The zero-order chi connectivity index (χ0) is 11.2. The van der Waals surface area contributed by atoms with E-state index in [-0.39, 0.29) is 0 Å². The Kier molecular flexibility index (Phi) is 2.26. The van der Waals surface area contributed by atoms with E-state index in [1.807, 2.05) is 0 Å². The summed E-state index contributed by atoms with van der Waals surface area (Å²) in [5.74, 6) is 0. The molecular weight excluding hydrogens is 218 g/mol. The molecule has 0 atom stereocenters. The molecule has 0 amide bonds. The zero-order valence-corrected chi connectivity index (χ0v) is 10.2. The molecule has 16 heavy (non-hydrogen) atoms. The highest BCUT2D eigenvalue weighted by atomic mass is 32.1. The molecule has 84 valence electrons. The van der Waals surface area contributed by atoms with Crippen LogP contribution in [0, 0.1) is 0 Å². The molecule has 1 N–H and O–H groups in total. The summed E-state index contributed by atoms with van der Waals surface area (Å²) < 4.78 is 1.25. The average molecular weight is 233 g/mol. The van der Waals surface area contributed by atoms with Crippen LogP contribution in [-0.2, 0) is 12.8 Å². The quantitative estimate of drug-likeness (QED) is 0.884. The summed E-state index contributed by atoms with van der Waals surface area (Å²) in [6, 6.07) is 6.35. The van der Waals surface area contributed by atoms with E-state index < -0.39 is 5.60 Å². The van der Waals surface area contributed by atoms with E-state index in [1.165, 1.54) is 15.3 Å². The maximum absolute atomic E-state index is 9.89. The van der Waals surface area contributed by atoms with Crippen LogP contribution in [0.5, 0.6) is 0 Å². The Morgan fingerprint density at radius 1 is 1.44 bits per heavy atom. The van der Waals surface area contributed by atoms with Crippen molar-refractivity contribution in [1.29, 1.82) is 0 Å². The second-order valence-corrected chi connectivity index (χ2v) is 5.78. The predicted molar refractivity (Wildman–Crippen MR) is 66.9 cm³/mol. The van der Waals surface area contributed by atoms with Gasteiger partial charge >= 0.3 is 0 Å². The number of nitrogens with zero attached hydrogens (tertiary/aromatic N) is 1. The van der Waals surface area contributed by atoms with Gasteiger partial charge in [-0.1, -0.05) is 13.0 Å². The number of rotatable bonds is 3. The van der Waals surface area contributed by atoms with Crippen LogP contribution in [0.1, 0.15) is 30.3 Å². The highest BCUT2D eigenvalue weighted by Gasteiger charge is 2.40. The molecule has 3 rings (SSSR count). The number of aliphatic hydroxyl groups is 1. The van der Waals surface area contributed by atoms with Crippen LogP contribution in [0.15, 0.2) is 18.2 Å². The maximum Gasteiger partial charge on any atom is 0.0935 e. The Labute approximate surface area is 99.0 Å². The molecule has 1 aromatic carbocycles. The summed E-state index contributed by atoms with van der Waals surface area (Å²) >= 11 is 1.77. The topological polar surface area (TPSA) is 33.1 Å². The van der Waals surface area contributed by atoms with E-state index in [0.29, 0.717) is 0 Å². The van der Waals surface area contributed by atoms with Gasteiger partial charge in [0.15, 0.2) is 0 Å². The van der Waals surface area contributed by atoms with Crippen LogP contribution < -0.4 is 0 Å². The lowest BCUT2D eigenvalue weighted by Gasteiger charge is -2.06. The zero-order valence-electron chi connectivity index (χ0n) is 9.36. The summed E-state index contributed by atoms with van der Waals surface area (Å²) in [7, 11) is 0. The smallest absolute Gasteiger partial charge is 0.0935 e. The number of thiazole rings is 1. The van der Waals surface area contributed by atoms with Crippen LogP contribution in [-0.4, -0.2) is 15.7 Å². The van der Waals surface area contributed by atoms with Crippen molar-refractivity contribution in [3.63, 3.8) is 0 Å². The van der Waals surface area contributed by atoms with Crippen LogP contribution >= 0.6 is 11.3 Å². The lowest BCUT2D eigenvalue weighted by atomic mass is 10.1. The second-order valence-electron chi connectivity index (χ2n) is 4.66. The van der Waals surface area contributed by atoms with Crippen molar-refractivity contribution in [2.45, 2.75) is 38.2 Å². The van der Waals surface area contributed by atoms with Crippen LogP contribution in [0.2, 0.25) is 0 Å².